The van der Waals surface area contributed by atoms with E-state index in [2.05, 4.69) is 10.2 Å². The van der Waals surface area contributed by atoms with Crippen LogP contribution in [-0.4, -0.2) is 37.6 Å². The number of hydrogen-bond acceptors (Lipinski definition) is 6. The number of esters is 2. The van der Waals surface area contributed by atoms with E-state index in [1.54, 1.807) is 0 Å². The third-order valence-electron chi connectivity index (χ3n) is 4.30. The smallest absolute Gasteiger partial charge is 0.354 e. The monoisotopic (exact) mass is 250 g/mol. The van der Waals surface area contributed by atoms with Crippen molar-refractivity contribution in [1.82, 2.24) is 0 Å². The fourth-order valence-corrected chi connectivity index (χ4v) is 3.47. The molecule has 0 unspecified atom stereocenters. The molecule has 1 heterocycles. The largest absolute Gasteiger partial charge is 0.464 e. The van der Waals surface area contributed by atoms with Gasteiger partial charge in [0.2, 0.25) is 0 Å². The van der Waals surface area contributed by atoms with Crippen LogP contribution in [0.2, 0.25) is 0 Å². The van der Waals surface area contributed by atoms with E-state index in [1.807, 2.05) is 0 Å². The molecule has 96 valence electrons. The van der Waals surface area contributed by atoms with Crippen molar-refractivity contribution in [3.8, 4) is 0 Å². The lowest BCUT2D eigenvalue weighted by Crippen LogP contribution is -2.38. The molecule has 6 nitrogen and oxygen atoms in total. The molecular formula is C12H14N2O4. The molecule has 0 spiro atoms. The molecule has 2 bridgehead atoms. The Morgan fingerprint density at radius 2 is 1.33 bits per heavy atom. The van der Waals surface area contributed by atoms with Crippen LogP contribution in [0.15, 0.2) is 10.2 Å². The molecule has 0 aromatic carbocycles. The molecule has 0 N–H and O–H groups in total. The molecule has 0 amide bonds. The predicted molar refractivity (Wildman–Crippen MR) is 62.1 cm³/mol. The zero-order chi connectivity index (χ0) is 12.9. The van der Waals surface area contributed by atoms with Gasteiger partial charge in [-0.1, -0.05) is 0 Å². The lowest BCUT2D eigenvalue weighted by atomic mass is 9.81. The van der Waals surface area contributed by atoms with Crippen molar-refractivity contribution in [1.29, 1.82) is 0 Å². The van der Waals surface area contributed by atoms with Crippen molar-refractivity contribution in [2.75, 3.05) is 14.2 Å². The number of hydrogen-bond donors (Lipinski definition) is 0. The molecule has 0 saturated heterocycles. The van der Waals surface area contributed by atoms with Gasteiger partial charge in [0.15, 0.2) is 11.4 Å². The molecule has 18 heavy (non-hydrogen) atoms. The van der Waals surface area contributed by atoms with E-state index in [0.29, 0.717) is 23.3 Å². The van der Waals surface area contributed by atoms with Crippen molar-refractivity contribution >= 4 is 23.4 Å². The zero-order valence-electron chi connectivity index (χ0n) is 10.3. The molecule has 3 saturated carbocycles. The summed E-state index contributed by atoms with van der Waals surface area (Å²) in [6, 6.07) is 0. The van der Waals surface area contributed by atoms with E-state index in [0.717, 1.165) is 12.8 Å². The van der Waals surface area contributed by atoms with Crippen LogP contribution >= 0.6 is 0 Å². The number of carbonyl (C=O) groups excluding carboxylic acids is 2. The van der Waals surface area contributed by atoms with Gasteiger partial charge in [0.1, 0.15) is 0 Å². The Bertz CT molecular complexity index is 434. The first-order chi connectivity index (χ1) is 8.67. The molecular weight excluding hydrogens is 236 g/mol. The molecule has 6 heteroatoms. The average molecular weight is 250 g/mol. The van der Waals surface area contributed by atoms with Crippen LogP contribution in [0.4, 0.5) is 0 Å². The summed E-state index contributed by atoms with van der Waals surface area (Å²) in [6.45, 7) is 0. The fourth-order valence-electron chi connectivity index (χ4n) is 3.47. The van der Waals surface area contributed by atoms with Crippen LogP contribution in [-0.2, 0) is 19.1 Å². The highest BCUT2D eigenvalue weighted by Gasteiger charge is 2.59. The summed E-state index contributed by atoms with van der Waals surface area (Å²) >= 11 is 0. The maximum atomic E-state index is 11.7. The van der Waals surface area contributed by atoms with Crippen molar-refractivity contribution in [3.05, 3.63) is 0 Å². The first-order valence-electron chi connectivity index (χ1n) is 5.99. The van der Waals surface area contributed by atoms with Gasteiger partial charge in [0, 0.05) is 11.8 Å². The van der Waals surface area contributed by atoms with Crippen molar-refractivity contribution in [3.63, 3.8) is 0 Å². The van der Waals surface area contributed by atoms with Crippen molar-refractivity contribution in [2.45, 2.75) is 12.8 Å². The Balaban J connectivity index is 1.99. The summed E-state index contributed by atoms with van der Waals surface area (Å²) < 4.78 is 9.46. The Morgan fingerprint density at radius 3 is 1.67 bits per heavy atom. The molecule has 2 atom stereocenters. The number of ether oxygens (including phenoxy) is 2. The Hall–Kier alpha value is -1.72. The van der Waals surface area contributed by atoms with Crippen LogP contribution in [0.5, 0.6) is 0 Å². The van der Waals surface area contributed by atoms with E-state index in [4.69, 9.17) is 9.47 Å². The number of nitrogens with zero attached hydrogens (tertiary/aromatic N) is 2. The lowest BCUT2D eigenvalue weighted by molar-refractivity contribution is -0.134. The van der Waals surface area contributed by atoms with Gasteiger partial charge < -0.3 is 9.47 Å². The quantitative estimate of drug-likeness (QED) is 0.665. The van der Waals surface area contributed by atoms with Gasteiger partial charge in [-0.3, -0.25) is 0 Å². The topological polar surface area (TPSA) is 77.3 Å². The minimum atomic E-state index is -0.440. The average Bonchev–Trinajstić information content (AvgIpc) is 2.90. The highest BCUT2D eigenvalue weighted by Crippen LogP contribution is 2.58. The fraction of sp³-hybridized carbons (Fsp3) is 0.667. The predicted octanol–water partition coefficient (Wildman–Crippen LogP) is 0.415. The summed E-state index contributed by atoms with van der Waals surface area (Å²) in [7, 11) is 2.66. The van der Waals surface area contributed by atoms with Gasteiger partial charge in [0.25, 0.3) is 0 Å². The van der Waals surface area contributed by atoms with Crippen molar-refractivity contribution < 1.29 is 19.1 Å². The second-order valence-electron chi connectivity index (χ2n) is 5.00. The minimum Gasteiger partial charge on any atom is -0.464 e. The van der Waals surface area contributed by atoms with Crippen molar-refractivity contribution in [2.24, 2.45) is 33.9 Å². The molecule has 3 fully saturated rings. The highest BCUT2D eigenvalue weighted by molar-refractivity contribution is 6.43. The van der Waals surface area contributed by atoms with Crippen LogP contribution in [0, 0.1) is 23.7 Å². The maximum Gasteiger partial charge on any atom is 0.354 e. The van der Waals surface area contributed by atoms with Gasteiger partial charge in [-0.05, 0) is 24.7 Å². The van der Waals surface area contributed by atoms with E-state index < -0.39 is 11.9 Å². The van der Waals surface area contributed by atoms with Crippen LogP contribution in [0.1, 0.15) is 12.8 Å². The van der Waals surface area contributed by atoms with E-state index in [1.165, 1.54) is 14.2 Å². The van der Waals surface area contributed by atoms with E-state index in [9.17, 15) is 9.59 Å². The Morgan fingerprint density at radius 1 is 0.944 bits per heavy atom. The van der Waals surface area contributed by atoms with Gasteiger partial charge in [0.05, 0.1) is 14.2 Å². The lowest BCUT2D eigenvalue weighted by Gasteiger charge is -2.24. The molecule has 1 aliphatic heterocycles. The molecule has 0 radical (unpaired) electrons. The van der Waals surface area contributed by atoms with Gasteiger partial charge >= 0.3 is 11.9 Å². The summed E-state index contributed by atoms with van der Waals surface area (Å²) in [6.07, 6.45) is 2.06. The normalized spacial score (nSPS) is 35.9. The summed E-state index contributed by atoms with van der Waals surface area (Å²) in [4.78, 5) is 23.4. The third-order valence-corrected chi connectivity index (χ3v) is 4.30. The first kappa shape index (κ1) is 11.4. The molecule has 4 rings (SSSR count). The first-order valence-corrected chi connectivity index (χ1v) is 5.99. The second-order valence-corrected chi connectivity index (χ2v) is 5.00. The van der Waals surface area contributed by atoms with Crippen LogP contribution < -0.4 is 0 Å². The number of methoxy groups -OCH3 is 2. The van der Waals surface area contributed by atoms with Gasteiger partial charge in [-0.25, -0.2) is 9.59 Å². The highest BCUT2D eigenvalue weighted by atomic mass is 16.5. The third kappa shape index (κ3) is 1.34. The summed E-state index contributed by atoms with van der Waals surface area (Å²) in [5, 5.41) is 7.80. The summed E-state index contributed by atoms with van der Waals surface area (Å²) in [5.41, 5.74) is 0.723. The van der Waals surface area contributed by atoms with Gasteiger partial charge in [-0.15, -0.1) is 10.2 Å². The number of carbonyl (C=O) groups is 2. The summed E-state index contributed by atoms with van der Waals surface area (Å²) in [5.74, 6) is -0.0699. The second kappa shape index (κ2) is 3.90. The SMILES string of the molecule is COC(=O)C1=NN=C(C(=O)OC)[C@H]2C3CC(C3)[C@@H]12. The number of rotatable bonds is 2. The van der Waals surface area contributed by atoms with Gasteiger partial charge in [-0.2, -0.15) is 0 Å². The maximum absolute atomic E-state index is 11.7. The molecule has 4 aliphatic rings. The van der Waals surface area contributed by atoms with E-state index >= 15 is 0 Å². The zero-order valence-corrected chi connectivity index (χ0v) is 10.3. The molecule has 3 aliphatic carbocycles. The standard InChI is InChI=1S/C12H14N2O4/c1-17-11(15)9-7-5-3-6(4-5)8(7)10(14-13-9)12(16)18-2/h5-8H,3-4H2,1-2H3/t5?,6?,7-,8+. The molecule has 0 aromatic rings. The Labute approximate surface area is 104 Å². The molecule has 0 aromatic heterocycles. The van der Waals surface area contributed by atoms with Crippen LogP contribution in [0.3, 0.4) is 0 Å². The minimum absolute atomic E-state index is 0.0194. The van der Waals surface area contributed by atoms with Crippen LogP contribution in [0.25, 0.3) is 0 Å². The Kier molecular flexibility index (Phi) is 2.46. The van der Waals surface area contributed by atoms with E-state index in [-0.39, 0.29) is 11.8 Å².